The molecule has 0 saturated carbocycles. The molecule has 0 bridgehead atoms. The summed E-state index contributed by atoms with van der Waals surface area (Å²) in [5, 5.41) is 11.5. The van der Waals surface area contributed by atoms with Crippen molar-refractivity contribution < 1.29 is 4.74 Å². The summed E-state index contributed by atoms with van der Waals surface area (Å²) in [7, 11) is 3.62. The van der Waals surface area contributed by atoms with Gasteiger partial charge in [0.15, 0.2) is 0 Å². The molecule has 0 aliphatic carbocycles. The van der Waals surface area contributed by atoms with Gasteiger partial charge in [-0.1, -0.05) is 12.1 Å². The van der Waals surface area contributed by atoms with Crippen molar-refractivity contribution in [3.63, 3.8) is 0 Å². The molecule has 0 radical (unpaired) electrons. The monoisotopic (exact) mass is 260 g/mol. The van der Waals surface area contributed by atoms with Gasteiger partial charge in [0.2, 0.25) is 0 Å². The van der Waals surface area contributed by atoms with Crippen LogP contribution in [0.2, 0.25) is 0 Å². The Morgan fingerprint density at radius 3 is 2.37 bits per heavy atom. The van der Waals surface area contributed by atoms with Crippen LogP contribution in [0, 0.1) is 0 Å². The molecule has 1 heterocycles. The average molecular weight is 260 g/mol. The summed E-state index contributed by atoms with van der Waals surface area (Å²) < 4.78 is 7.09. The van der Waals surface area contributed by atoms with Crippen molar-refractivity contribution in [2.75, 3.05) is 7.11 Å². The van der Waals surface area contributed by atoms with Gasteiger partial charge in [-0.3, -0.25) is 0 Å². The quantitative estimate of drug-likeness (QED) is 0.895. The molecule has 2 aromatic rings. The Kier molecular flexibility index (Phi) is 4.16. The van der Waals surface area contributed by atoms with E-state index in [1.807, 2.05) is 23.7 Å². The van der Waals surface area contributed by atoms with E-state index in [9.17, 15) is 0 Å². The first-order valence-corrected chi connectivity index (χ1v) is 6.35. The highest BCUT2D eigenvalue weighted by Gasteiger charge is 2.14. The minimum absolute atomic E-state index is 0.143. The number of methoxy groups -OCH3 is 1. The van der Waals surface area contributed by atoms with Crippen LogP contribution in [0.3, 0.4) is 0 Å². The first-order valence-electron chi connectivity index (χ1n) is 6.35. The lowest BCUT2D eigenvalue weighted by molar-refractivity contribution is 0.414. The summed E-state index contributed by atoms with van der Waals surface area (Å²) >= 11 is 0. The Morgan fingerprint density at radius 2 is 1.84 bits per heavy atom. The summed E-state index contributed by atoms with van der Waals surface area (Å²) in [5.74, 6) is 1.80. The maximum absolute atomic E-state index is 5.16. The number of benzene rings is 1. The van der Waals surface area contributed by atoms with Crippen LogP contribution in [0.1, 0.15) is 37.3 Å². The van der Waals surface area contributed by atoms with Crippen LogP contribution in [0.25, 0.3) is 0 Å². The smallest absolute Gasteiger partial charge is 0.149 e. The second kappa shape index (κ2) is 5.84. The maximum atomic E-state index is 5.16. The zero-order chi connectivity index (χ0) is 13.8. The lowest BCUT2D eigenvalue weighted by Gasteiger charge is -2.19. The molecule has 2 unspecified atom stereocenters. The number of aryl methyl sites for hydroxylation is 1. The molecule has 2 atom stereocenters. The summed E-state index contributed by atoms with van der Waals surface area (Å²) in [6.07, 6.45) is 1.71. The largest absolute Gasteiger partial charge is 0.497 e. The normalized spacial score (nSPS) is 14.1. The van der Waals surface area contributed by atoms with Crippen LogP contribution in [0.4, 0.5) is 0 Å². The van der Waals surface area contributed by atoms with Crippen LogP contribution < -0.4 is 10.1 Å². The van der Waals surface area contributed by atoms with Gasteiger partial charge in [-0.25, -0.2) is 0 Å². The molecule has 2 rings (SSSR count). The van der Waals surface area contributed by atoms with Gasteiger partial charge in [0.25, 0.3) is 0 Å². The molecule has 0 aliphatic heterocycles. The second-order valence-electron chi connectivity index (χ2n) is 4.68. The van der Waals surface area contributed by atoms with Crippen LogP contribution in [0.15, 0.2) is 30.6 Å². The molecule has 0 aliphatic rings. The molecule has 0 amide bonds. The number of hydrogen-bond donors (Lipinski definition) is 1. The van der Waals surface area contributed by atoms with E-state index < -0.39 is 0 Å². The number of hydrogen-bond acceptors (Lipinski definition) is 4. The average Bonchev–Trinajstić information content (AvgIpc) is 2.85. The molecule has 5 nitrogen and oxygen atoms in total. The Bertz CT molecular complexity index is 520. The Morgan fingerprint density at radius 1 is 1.16 bits per heavy atom. The van der Waals surface area contributed by atoms with E-state index in [-0.39, 0.29) is 12.1 Å². The predicted octanol–water partition coefficient (Wildman–Crippen LogP) is 2.24. The van der Waals surface area contributed by atoms with Crippen molar-refractivity contribution >= 4 is 0 Å². The molecule has 0 fully saturated rings. The summed E-state index contributed by atoms with van der Waals surface area (Å²) in [5.41, 5.74) is 1.22. The van der Waals surface area contributed by atoms with E-state index in [4.69, 9.17) is 4.74 Å². The van der Waals surface area contributed by atoms with Crippen LogP contribution in [-0.2, 0) is 7.05 Å². The zero-order valence-electron chi connectivity index (χ0n) is 11.8. The molecule has 1 aromatic heterocycles. The Balaban J connectivity index is 2.04. The number of ether oxygens (including phenoxy) is 1. The van der Waals surface area contributed by atoms with Crippen LogP contribution in [0.5, 0.6) is 5.75 Å². The molecule has 0 saturated heterocycles. The van der Waals surface area contributed by atoms with Crippen molar-refractivity contribution in [2.24, 2.45) is 7.05 Å². The summed E-state index contributed by atoms with van der Waals surface area (Å²) in [4.78, 5) is 0. The SMILES string of the molecule is COc1ccc(C(C)NC(C)c2nncn2C)cc1. The van der Waals surface area contributed by atoms with Gasteiger partial charge in [0, 0.05) is 13.1 Å². The first kappa shape index (κ1) is 13.5. The van der Waals surface area contributed by atoms with E-state index in [1.54, 1.807) is 13.4 Å². The van der Waals surface area contributed by atoms with E-state index >= 15 is 0 Å². The van der Waals surface area contributed by atoms with Gasteiger partial charge in [-0.05, 0) is 31.5 Å². The minimum Gasteiger partial charge on any atom is -0.497 e. The molecular formula is C14H20N4O. The Labute approximate surface area is 113 Å². The Hall–Kier alpha value is -1.88. The molecule has 19 heavy (non-hydrogen) atoms. The van der Waals surface area contributed by atoms with Gasteiger partial charge >= 0.3 is 0 Å². The number of nitrogens with one attached hydrogen (secondary N) is 1. The molecule has 5 heteroatoms. The number of nitrogens with zero attached hydrogens (tertiary/aromatic N) is 3. The van der Waals surface area contributed by atoms with Gasteiger partial charge in [0.1, 0.15) is 17.9 Å². The van der Waals surface area contributed by atoms with Crippen molar-refractivity contribution in [3.05, 3.63) is 42.0 Å². The maximum Gasteiger partial charge on any atom is 0.149 e. The zero-order valence-corrected chi connectivity index (χ0v) is 11.8. The predicted molar refractivity (Wildman–Crippen MR) is 74.0 cm³/mol. The summed E-state index contributed by atoms with van der Waals surface area (Å²) in [6, 6.07) is 8.46. The molecule has 102 valence electrons. The fourth-order valence-electron chi connectivity index (χ4n) is 2.12. The van der Waals surface area contributed by atoms with Crippen molar-refractivity contribution in [2.45, 2.75) is 25.9 Å². The standard InChI is InChI=1S/C14H20N4O/c1-10(12-5-7-13(19-4)8-6-12)16-11(2)14-17-15-9-18(14)3/h5-11,16H,1-4H3. The van der Waals surface area contributed by atoms with E-state index in [2.05, 4.69) is 41.5 Å². The highest BCUT2D eigenvalue weighted by Crippen LogP contribution is 2.20. The van der Waals surface area contributed by atoms with E-state index in [0.717, 1.165) is 11.6 Å². The van der Waals surface area contributed by atoms with Gasteiger partial charge in [0.05, 0.1) is 13.2 Å². The third kappa shape index (κ3) is 3.12. The van der Waals surface area contributed by atoms with Crippen LogP contribution >= 0.6 is 0 Å². The second-order valence-corrected chi connectivity index (χ2v) is 4.68. The number of aromatic nitrogens is 3. The fraction of sp³-hybridized carbons (Fsp3) is 0.429. The highest BCUT2D eigenvalue weighted by molar-refractivity contribution is 5.28. The van der Waals surface area contributed by atoms with Gasteiger partial charge in [-0.15, -0.1) is 10.2 Å². The van der Waals surface area contributed by atoms with E-state index in [0.29, 0.717) is 0 Å². The van der Waals surface area contributed by atoms with Crippen molar-refractivity contribution in [3.8, 4) is 5.75 Å². The fourth-order valence-corrected chi connectivity index (χ4v) is 2.12. The molecular weight excluding hydrogens is 240 g/mol. The lowest BCUT2D eigenvalue weighted by Crippen LogP contribution is -2.24. The van der Waals surface area contributed by atoms with Crippen molar-refractivity contribution in [1.29, 1.82) is 0 Å². The minimum atomic E-state index is 0.143. The topological polar surface area (TPSA) is 52.0 Å². The van der Waals surface area contributed by atoms with Gasteiger partial charge < -0.3 is 14.6 Å². The third-order valence-electron chi connectivity index (χ3n) is 3.25. The number of rotatable bonds is 5. The first-order chi connectivity index (χ1) is 9.11. The van der Waals surface area contributed by atoms with Crippen LogP contribution in [-0.4, -0.2) is 21.9 Å². The third-order valence-corrected chi connectivity index (χ3v) is 3.25. The molecule has 0 spiro atoms. The van der Waals surface area contributed by atoms with Gasteiger partial charge in [-0.2, -0.15) is 0 Å². The lowest BCUT2D eigenvalue weighted by atomic mass is 10.1. The summed E-state index contributed by atoms with van der Waals surface area (Å²) in [6.45, 7) is 4.22. The molecule has 1 N–H and O–H groups in total. The van der Waals surface area contributed by atoms with Crippen molar-refractivity contribution in [1.82, 2.24) is 20.1 Å². The highest BCUT2D eigenvalue weighted by atomic mass is 16.5. The van der Waals surface area contributed by atoms with E-state index in [1.165, 1.54) is 5.56 Å². The molecule has 1 aromatic carbocycles.